The standard InChI is InChI=1S/C17H18F3N/c1-11-3-5-12(6-4-11)7-10-15(21-2)13-8-9-14(18)17(20)16(13)19/h3-6,8-9,15,21H,7,10H2,1-2H3. The summed E-state index contributed by atoms with van der Waals surface area (Å²) in [7, 11) is 1.68. The van der Waals surface area contributed by atoms with Crippen molar-refractivity contribution >= 4 is 0 Å². The molecule has 112 valence electrons. The molecule has 0 bridgehead atoms. The average Bonchev–Trinajstić information content (AvgIpc) is 2.49. The van der Waals surface area contributed by atoms with E-state index in [2.05, 4.69) is 5.32 Å². The van der Waals surface area contributed by atoms with Crippen molar-refractivity contribution in [3.63, 3.8) is 0 Å². The smallest absolute Gasteiger partial charge is 0.194 e. The second-order valence-electron chi connectivity index (χ2n) is 5.13. The predicted octanol–water partition coefficient (Wildman–Crippen LogP) is 4.31. The van der Waals surface area contributed by atoms with Crippen molar-refractivity contribution in [3.05, 3.63) is 70.5 Å². The summed E-state index contributed by atoms with van der Waals surface area (Å²) in [5.41, 5.74) is 2.46. The number of benzene rings is 2. The summed E-state index contributed by atoms with van der Waals surface area (Å²) in [5.74, 6) is -3.69. The minimum atomic E-state index is -1.41. The first-order chi connectivity index (χ1) is 10.0. The highest BCUT2D eigenvalue weighted by molar-refractivity contribution is 5.25. The van der Waals surface area contributed by atoms with Crippen LogP contribution in [0.15, 0.2) is 36.4 Å². The molecular formula is C17H18F3N. The fraction of sp³-hybridized carbons (Fsp3) is 0.294. The Morgan fingerprint density at radius 1 is 0.952 bits per heavy atom. The molecule has 0 aliphatic heterocycles. The van der Waals surface area contributed by atoms with E-state index in [-0.39, 0.29) is 11.6 Å². The fourth-order valence-electron chi connectivity index (χ4n) is 2.33. The van der Waals surface area contributed by atoms with Crippen LogP contribution < -0.4 is 5.32 Å². The summed E-state index contributed by atoms with van der Waals surface area (Å²) in [6.07, 6.45) is 1.33. The second kappa shape index (κ2) is 6.76. The van der Waals surface area contributed by atoms with Crippen LogP contribution in [0.5, 0.6) is 0 Å². The monoisotopic (exact) mass is 293 g/mol. The molecule has 0 saturated heterocycles. The van der Waals surface area contributed by atoms with Crippen molar-refractivity contribution in [1.29, 1.82) is 0 Å². The third kappa shape index (κ3) is 3.64. The molecule has 0 spiro atoms. The van der Waals surface area contributed by atoms with E-state index in [1.165, 1.54) is 11.6 Å². The van der Waals surface area contributed by atoms with E-state index in [1.807, 2.05) is 31.2 Å². The van der Waals surface area contributed by atoms with Gasteiger partial charge in [-0.25, -0.2) is 13.2 Å². The molecule has 1 N–H and O–H groups in total. The zero-order valence-corrected chi connectivity index (χ0v) is 12.1. The van der Waals surface area contributed by atoms with E-state index in [0.29, 0.717) is 6.42 Å². The van der Waals surface area contributed by atoms with Crippen molar-refractivity contribution in [3.8, 4) is 0 Å². The molecule has 0 radical (unpaired) electrons. The fourth-order valence-corrected chi connectivity index (χ4v) is 2.33. The second-order valence-corrected chi connectivity index (χ2v) is 5.13. The number of nitrogens with one attached hydrogen (secondary N) is 1. The van der Waals surface area contributed by atoms with Crippen LogP contribution in [-0.4, -0.2) is 7.05 Å². The molecular weight excluding hydrogens is 275 g/mol. The van der Waals surface area contributed by atoms with Crippen LogP contribution in [0.1, 0.15) is 29.2 Å². The van der Waals surface area contributed by atoms with E-state index in [1.54, 1.807) is 7.05 Å². The number of halogens is 3. The lowest BCUT2D eigenvalue weighted by Gasteiger charge is -2.18. The number of rotatable bonds is 5. The molecule has 2 aromatic carbocycles. The molecule has 0 aliphatic rings. The normalized spacial score (nSPS) is 12.4. The molecule has 21 heavy (non-hydrogen) atoms. The van der Waals surface area contributed by atoms with Gasteiger partial charge in [-0.2, -0.15) is 0 Å². The van der Waals surface area contributed by atoms with Crippen molar-refractivity contribution < 1.29 is 13.2 Å². The maximum atomic E-state index is 13.8. The molecule has 0 heterocycles. The topological polar surface area (TPSA) is 12.0 Å². The van der Waals surface area contributed by atoms with E-state index >= 15 is 0 Å². The molecule has 2 rings (SSSR count). The van der Waals surface area contributed by atoms with E-state index in [4.69, 9.17) is 0 Å². The van der Waals surface area contributed by atoms with Gasteiger partial charge in [-0.15, -0.1) is 0 Å². The molecule has 0 aliphatic carbocycles. The van der Waals surface area contributed by atoms with Crippen molar-refractivity contribution in [2.24, 2.45) is 0 Å². The highest BCUT2D eigenvalue weighted by atomic mass is 19.2. The summed E-state index contributed by atoms with van der Waals surface area (Å²) in [6, 6.07) is 9.96. The van der Waals surface area contributed by atoms with Gasteiger partial charge in [0.2, 0.25) is 0 Å². The maximum absolute atomic E-state index is 13.8. The largest absolute Gasteiger partial charge is 0.313 e. The average molecular weight is 293 g/mol. The lowest BCUT2D eigenvalue weighted by molar-refractivity contribution is 0.424. The molecule has 1 unspecified atom stereocenters. The van der Waals surface area contributed by atoms with Crippen LogP contribution >= 0.6 is 0 Å². The number of hydrogen-bond donors (Lipinski definition) is 1. The Labute approximate surface area is 122 Å². The Morgan fingerprint density at radius 3 is 2.24 bits per heavy atom. The zero-order valence-electron chi connectivity index (χ0n) is 12.1. The van der Waals surface area contributed by atoms with Crippen LogP contribution in [0.25, 0.3) is 0 Å². The van der Waals surface area contributed by atoms with Crippen LogP contribution in [0.3, 0.4) is 0 Å². The first-order valence-corrected chi connectivity index (χ1v) is 6.89. The molecule has 1 nitrogen and oxygen atoms in total. The predicted molar refractivity (Wildman–Crippen MR) is 77.6 cm³/mol. The lowest BCUT2D eigenvalue weighted by atomic mass is 9.98. The van der Waals surface area contributed by atoms with E-state index in [0.717, 1.165) is 18.1 Å². The summed E-state index contributed by atoms with van der Waals surface area (Å²) in [6.45, 7) is 2.01. The van der Waals surface area contributed by atoms with Gasteiger partial charge in [0, 0.05) is 11.6 Å². The van der Waals surface area contributed by atoms with Gasteiger partial charge in [0.05, 0.1) is 0 Å². The van der Waals surface area contributed by atoms with Gasteiger partial charge in [-0.05, 0) is 38.4 Å². The van der Waals surface area contributed by atoms with Crippen LogP contribution in [0, 0.1) is 24.4 Å². The Morgan fingerprint density at radius 2 is 1.62 bits per heavy atom. The molecule has 2 aromatic rings. The Hall–Kier alpha value is -1.81. The van der Waals surface area contributed by atoms with Gasteiger partial charge in [0.1, 0.15) is 0 Å². The van der Waals surface area contributed by atoms with Crippen molar-refractivity contribution in [1.82, 2.24) is 5.32 Å². The molecule has 4 heteroatoms. The third-order valence-corrected chi connectivity index (χ3v) is 3.63. The summed E-state index contributed by atoms with van der Waals surface area (Å²) in [4.78, 5) is 0. The third-order valence-electron chi connectivity index (χ3n) is 3.63. The minimum absolute atomic E-state index is 0.156. The molecule has 0 saturated carbocycles. The van der Waals surface area contributed by atoms with Crippen molar-refractivity contribution in [2.45, 2.75) is 25.8 Å². The van der Waals surface area contributed by atoms with E-state index in [9.17, 15) is 13.2 Å². The summed E-state index contributed by atoms with van der Waals surface area (Å²) < 4.78 is 40.1. The van der Waals surface area contributed by atoms with Gasteiger partial charge >= 0.3 is 0 Å². The van der Waals surface area contributed by atoms with Gasteiger partial charge in [-0.1, -0.05) is 35.9 Å². The summed E-state index contributed by atoms with van der Waals surface area (Å²) >= 11 is 0. The quantitative estimate of drug-likeness (QED) is 0.810. The van der Waals surface area contributed by atoms with Gasteiger partial charge < -0.3 is 5.32 Å². The summed E-state index contributed by atoms with van der Waals surface area (Å²) in [5, 5.41) is 2.96. The maximum Gasteiger partial charge on any atom is 0.194 e. The first kappa shape index (κ1) is 15.6. The van der Waals surface area contributed by atoms with Crippen LogP contribution in [-0.2, 0) is 6.42 Å². The number of aryl methyl sites for hydroxylation is 2. The zero-order chi connectivity index (χ0) is 15.4. The van der Waals surface area contributed by atoms with Gasteiger partial charge in [0.15, 0.2) is 17.5 Å². The Balaban J connectivity index is 2.13. The minimum Gasteiger partial charge on any atom is -0.313 e. The van der Waals surface area contributed by atoms with Gasteiger partial charge in [-0.3, -0.25) is 0 Å². The van der Waals surface area contributed by atoms with Gasteiger partial charge in [0.25, 0.3) is 0 Å². The molecule has 0 fully saturated rings. The van der Waals surface area contributed by atoms with Crippen LogP contribution in [0.4, 0.5) is 13.2 Å². The SMILES string of the molecule is CNC(CCc1ccc(C)cc1)c1ccc(F)c(F)c1F. The first-order valence-electron chi connectivity index (χ1n) is 6.89. The highest BCUT2D eigenvalue weighted by Crippen LogP contribution is 2.24. The molecule has 0 amide bonds. The van der Waals surface area contributed by atoms with Crippen LogP contribution in [0.2, 0.25) is 0 Å². The molecule has 0 aromatic heterocycles. The lowest BCUT2D eigenvalue weighted by Crippen LogP contribution is -2.19. The molecule has 1 atom stereocenters. The number of hydrogen-bond acceptors (Lipinski definition) is 1. The highest BCUT2D eigenvalue weighted by Gasteiger charge is 2.19. The van der Waals surface area contributed by atoms with E-state index < -0.39 is 17.5 Å². The Bertz CT molecular complexity index is 608. The van der Waals surface area contributed by atoms with Crippen molar-refractivity contribution in [2.75, 3.05) is 7.05 Å². The Kier molecular flexibility index (Phi) is 5.02.